The van der Waals surface area contributed by atoms with E-state index in [0.717, 1.165) is 5.56 Å². The quantitative estimate of drug-likeness (QED) is 0.191. The van der Waals surface area contributed by atoms with E-state index < -0.39 is 36.7 Å². The zero-order valence-corrected chi connectivity index (χ0v) is 23.6. The Morgan fingerprint density at radius 3 is 2.27 bits per heavy atom. The smallest absolute Gasteiger partial charge is 0.436 e. The molecule has 0 bridgehead atoms. The Labute approximate surface area is 241 Å². The minimum absolute atomic E-state index is 0. The van der Waals surface area contributed by atoms with Crippen LogP contribution in [0.4, 0.5) is 0 Å². The summed E-state index contributed by atoms with van der Waals surface area (Å²) < 4.78 is 10.9. The van der Waals surface area contributed by atoms with Gasteiger partial charge in [-0.05, 0) is 48.7 Å². The summed E-state index contributed by atoms with van der Waals surface area (Å²) in [5.41, 5.74) is 1.55. The van der Waals surface area contributed by atoms with Crippen molar-refractivity contribution in [3.05, 3.63) is 58.6 Å². The third-order valence-corrected chi connectivity index (χ3v) is 5.21. The Morgan fingerprint density at radius 1 is 1.03 bits per heavy atom. The number of aliphatic hydroxyl groups is 3. The van der Waals surface area contributed by atoms with Gasteiger partial charge in [-0.3, -0.25) is 9.59 Å². The largest absolute Gasteiger partial charge is 1.00 e. The van der Waals surface area contributed by atoms with E-state index in [-0.39, 0.29) is 76.7 Å². The van der Waals surface area contributed by atoms with Gasteiger partial charge in [-0.1, -0.05) is 29.8 Å². The Morgan fingerprint density at radius 2 is 1.67 bits per heavy atom. The molecule has 33 heavy (non-hydrogen) atoms. The molecule has 0 spiro atoms. The van der Waals surface area contributed by atoms with Gasteiger partial charge in [-0.2, -0.15) is 0 Å². The first-order chi connectivity index (χ1) is 14.8. The van der Waals surface area contributed by atoms with Crippen molar-refractivity contribution in [2.24, 2.45) is 0 Å². The van der Waals surface area contributed by atoms with Crippen LogP contribution in [0.2, 0.25) is 5.02 Å². The van der Waals surface area contributed by atoms with Gasteiger partial charge in [0.1, 0.15) is 13.2 Å². The summed E-state index contributed by atoms with van der Waals surface area (Å²) in [6, 6.07) is 12.0. The summed E-state index contributed by atoms with van der Waals surface area (Å²) in [5, 5.41) is 32.5. The van der Waals surface area contributed by atoms with Crippen LogP contribution in [-0.2, 0) is 16.0 Å². The molecule has 1 heterocycles. The fraction of sp³-hybridized carbons (Fsp3) is 0.364. The number of fused-ring (bicyclic) bond motifs is 1. The molecule has 8 nitrogen and oxygen atoms in total. The van der Waals surface area contributed by atoms with E-state index in [9.17, 15) is 24.9 Å². The van der Waals surface area contributed by atoms with Crippen LogP contribution in [0.1, 0.15) is 24.2 Å². The molecule has 2 atom stereocenters. The van der Waals surface area contributed by atoms with E-state index in [4.69, 9.17) is 21.1 Å². The molecular weight excluding hydrogens is 472 g/mol. The molecule has 0 saturated carbocycles. The van der Waals surface area contributed by atoms with Crippen LogP contribution in [0.5, 0.6) is 11.5 Å². The second kappa shape index (κ2) is 13.6. The summed E-state index contributed by atoms with van der Waals surface area (Å²) in [7, 11) is 0. The molecule has 0 saturated heterocycles. The van der Waals surface area contributed by atoms with Crippen molar-refractivity contribution in [2.45, 2.75) is 31.3 Å². The van der Waals surface area contributed by atoms with Crippen LogP contribution in [0.15, 0.2) is 42.5 Å². The zero-order chi connectivity index (χ0) is 22.6. The number of halogens is 1. The van der Waals surface area contributed by atoms with Gasteiger partial charge in [-0.25, -0.2) is 0 Å². The molecule has 2 unspecified atom stereocenters. The maximum atomic E-state index is 12.1. The van der Waals surface area contributed by atoms with E-state index in [1.807, 2.05) is 6.92 Å². The third kappa shape index (κ3) is 7.25. The second-order valence-corrected chi connectivity index (χ2v) is 7.79. The maximum Gasteiger partial charge on any atom is 1.00 e. The first-order valence-electron chi connectivity index (χ1n) is 9.75. The minimum Gasteiger partial charge on any atom is -0.436 e. The Hall–Kier alpha value is -0.490. The standard InChI is InChI=1S/C22H24ClNO7.2Na/c1-13(24-10-17(27)15-3-2-4-16(23)9-15)7-14-5-6-18-19(8-14)31-22(30-18,20(28)11-25)21(29)12-26;;/h2-6,8-9,13,17,24-27H,7,10-12H2,1H3;;/q;2*+1. The fourth-order valence-electron chi connectivity index (χ4n) is 3.34. The fourth-order valence-corrected chi connectivity index (χ4v) is 3.53. The van der Waals surface area contributed by atoms with Crippen LogP contribution in [-0.4, -0.2) is 58.5 Å². The van der Waals surface area contributed by atoms with Crippen LogP contribution >= 0.6 is 11.6 Å². The van der Waals surface area contributed by atoms with Crippen molar-refractivity contribution in [2.75, 3.05) is 19.8 Å². The van der Waals surface area contributed by atoms with Gasteiger partial charge in [0.25, 0.3) is 0 Å². The number of carbonyl (C=O) groups is 2. The molecule has 2 aromatic carbocycles. The van der Waals surface area contributed by atoms with Crippen LogP contribution in [0, 0.1) is 0 Å². The first kappa shape index (κ1) is 30.5. The normalized spacial score (nSPS) is 15.1. The summed E-state index contributed by atoms with van der Waals surface area (Å²) in [6.45, 7) is 0.334. The van der Waals surface area contributed by atoms with E-state index in [0.29, 0.717) is 23.6 Å². The molecule has 0 amide bonds. The average molecular weight is 496 g/mol. The van der Waals surface area contributed by atoms with E-state index in [2.05, 4.69) is 5.32 Å². The molecule has 4 N–H and O–H groups in total. The van der Waals surface area contributed by atoms with Gasteiger partial charge < -0.3 is 30.1 Å². The van der Waals surface area contributed by atoms with E-state index in [1.54, 1.807) is 42.5 Å². The number of rotatable bonds is 10. The van der Waals surface area contributed by atoms with Crippen molar-refractivity contribution in [1.29, 1.82) is 0 Å². The predicted molar refractivity (Wildman–Crippen MR) is 112 cm³/mol. The van der Waals surface area contributed by atoms with E-state index >= 15 is 0 Å². The topological polar surface area (TPSA) is 125 Å². The molecule has 0 fully saturated rings. The number of hydrogen-bond acceptors (Lipinski definition) is 8. The number of Topliss-reactive ketones (excluding diaryl/α,β-unsaturated/α-hetero) is 2. The van der Waals surface area contributed by atoms with Gasteiger partial charge in [0.15, 0.2) is 11.5 Å². The van der Waals surface area contributed by atoms with Crippen LogP contribution in [0.25, 0.3) is 0 Å². The van der Waals surface area contributed by atoms with Crippen molar-refractivity contribution in [3.63, 3.8) is 0 Å². The van der Waals surface area contributed by atoms with Crippen molar-refractivity contribution >= 4 is 23.2 Å². The number of benzene rings is 2. The number of hydrogen-bond donors (Lipinski definition) is 4. The van der Waals surface area contributed by atoms with Gasteiger partial charge in [0.2, 0.25) is 11.6 Å². The molecule has 166 valence electrons. The molecule has 11 heteroatoms. The number of carbonyl (C=O) groups excluding carboxylic acids is 2. The Kier molecular flexibility index (Phi) is 12.5. The molecule has 0 aromatic heterocycles. The molecular formula is C22H24ClNNa2O7+2. The molecule has 1 aliphatic heterocycles. The minimum atomic E-state index is -2.37. The molecule has 0 radical (unpaired) electrons. The second-order valence-electron chi connectivity index (χ2n) is 7.35. The molecule has 2 aromatic rings. The van der Waals surface area contributed by atoms with Crippen molar-refractivity contribution in [3.8, 4) is 11.5 Å². The molecule has 1 aliphatic rings. The number of nitrogens with one attached hydrogen (secondary N) is 1. The first-order valence-corrected chi connectivity index (χ1v) is 10.1. The van der Waals surface area contributed by atoms with Crippen LogP contribution in [0.3, 0.4) is 0 Å². The van der Waals surface area contributed by atoms with Crippen LogP contribution < -0.4 is 73.9 Å². The number of aliphatic hydroxyl groups excluding tert-OH is 3. The summed E-state index contributed by atoms with van der Waals surface area (Å²) in [5.74, 6) is -4.00. The Balaban J connectivity index is 0.00000272. The number of ether oxygens (including phenoxy) is 2. The number of ketones is 2. The van der Waals surface area contributed by atoms with Crippen molar-refractivity contribution < 1.29 is 93.5 Å². The van der Waals surface area contributed by atoms with Gasteiger partial charge in [0.05, 0.1) is 6.10 Å². The summed E-state index contributed by atoms with van der Waals surface area (Å²) in [4.78, 5) is 24.2. The average Bonchev–Trinajstić information content (AvgIpc) is 3.16. The van der Waals surface area contributed by atoms with E-state index in [1.165, 1.54) is 0 Å². The third-order valence-electron chi connectivity index (χ3n) is 4.97. The van der Waals surface area contributed by atoms with Gasteiger partial charge in [-0.15, -0.1) is 0 Å². The zero-order valence-electron chi connectivity index (χ0n) is 18.9. The maximum absolute atomic E-state index is 12.1. The Bertz CT molecular complexity index is 960. The van der Waals surface area contributed by atoms with Crippen molar-refractivity contribution in [1.82, 2.24) is 5.32 Å². The SMILES string of the molecule is CC(Cc1ccc2c(c1)OC(C(=O)CO)(C(=O)CO)O2)NCC(O)c1cccc(Cl)c1.[Na+].[Na+]. The predicted octanol–water partition coefficient (Wildman–Crippen LogP) is -4.81. The summed E-state index contributed by atoms with van der Waals surface area (Å²) >= 11 is 5.96. The monoisotopic (exact) mass is 495 g/mol. The summed E-state index contributed by atoms with van der Waals surface area (Å²) in [6.07, 6.45) is -0.152. The molecule has 3 rings (SSSR count). The van der Waals surface area contributed by atoms with Gasteiger partial charge in [0, 0.05) is 17.6 Å². The molecule has 0 aliphatic carbocycles. The van der Waals surface area contributed by atoms with Gasteiger partial charge >= 0.3 is 64.9 Å².